The Morgan fingerprint density at radius 3 is 2.21 bits per heavy atom. The fraction of sp³-hybridized carbons (Fsp3) is 0.286. The Bertz CT molecular complexity index is 1080. The van der Waals surface area contributed by atoms with Gasteiger partial charge in [-0.15, -0.1) is 0 Å². The number of rotatable bonds is 9. The van der Waals surface area contributed by atoms with Gasteiger partial charge in [0.1, 0.15) is 6.04 Å². The summed E-state index contributed by atoms with van der Waals surface area (Å²) in [7, 11) is 0. The maximum absolute atomic E-state index is 13.6. The Kier molecular flexibility index (Phi) is 8.67. The highest BCUT2D eigenvalue weighted by molar-refractivity contribution is 6.30. The van der Waals surface area contributed by atoms with Gasteiger partial charge in [-0.1, -0.05) is 83.9 Å². The van der Waals surface area contributed by atoms with Gasteiger partial charge in [0.05, 0.1) is 6.42 Å². The molecular weight excluding hydrogens is 432 g/mol. The van der Waals surface area contributed by atoms with E-state index in [9.17, 15) is 9.59 Å². The van der Waals surface area contributed by atoms with Crippen LogP contribution < -0.4 is 5.32 Å². The van der Waals surface area contributed by atoms with E-state index in [2.05, 4.69) is 11.4 Å². The van der Waals surface area contributed by atoms with Crippen molar-refractivity contribution in [2.45, 2.75) is 52.2 Å². The van der Waals surface area contributed by atoms with Gasteiger partial charge in [-0.05, 0) is 49.6 Å². The molecule has 5 heteroatoms. The molecule has 0 bridgehead atoms. The fourth-order valence-corrected chi connectivity index (χ4v) is 4.08. The van der Waals surface area contributed by atoms with Gasteiger partial charge in [0, 0.05) is 24.0 Å². The number of nitrogens with one attached hydrogen (secondary N) is 1. The first-order chi connectivity index (χ1) is 15.8. The molecule has 2 amide bonds. The third-order valence-electron chi connectivity index (χ3n) is 5.38. The lowest BCUT2D eigenvalue weighted by molar-refractivity contribution is -0.141. The second kappa shape index (κ2) is 11.7. The molecule has 0 aromatic heterocycles. The summed E-state index contributed by atoms with van der Waals surface area (Å²) in [4.78, 5) is 28.7. The molecule has 1 N–H and O–H groups in total. The van der Waals surface area contributed by atoms with Crippen molar-refractivity contribution in [1.82, 2.24) is 10.2 Å². The van der Waals surface area contributed by atoms with E-state index in [1.165, 1.54) is 0 Å². The van der Waals surface area contributed by atoms with Crippen LogP contribution in [0.2, 0.25) is 5.02 Å². The summed E-state index contributed by atoms with van der Waals surface area (Å²) in [6.07, 6.45) is 0.610. The number of hydrogen-bond acceptors (Lipinski definition) is 2. The van der Waals surface area contributed by atoms with Crippen molar-refractivity contribution >= 4 is 23.4 Å². The molecule has 0 saturated heterocycles. The molecule has 0 aliphatic rings. The number of halogens is 1. The molecule has 33 heavy (non-hydrogen) atoms. The molecule has 0 saturated carbocycles. The number of carbonyl (C=O) groups is 2. The minimum absolute atomic E-state index is 0.0281. The van der Waals surface area contributed by atoms with Crippen molar-refractivity contribution in [1.29, 1.82) is 0 Å². The van der Waals surface area contributed by atoms with Crippen LogP contribution in [0.15, 0.2) is 78.9 Å². The third-order valence-corrected chi connectivity index (χ3v) is 5.62. The van der Waals surface area contributed by atoms with Gasteiger partial charge in [0.2, 0.25) is 11.8 Å². The predicted octanol–water partition coefficient (Wildman–Crippen LogP) is 5.36. The maximum Gasteiger partial charge on any atom is 0.243 e. The molecule has 0 aliphatic carbocycles. The van der Waals surface area contributed by atoms with Gasteiger partial charge in [-0.3, -0.25) is 9.59 Å². The zero-order valence-electron chi connectivity index (χ0n) is 19.4. The molecule has 1 atom stereocenters. The topological polar surface area (TPSA) is 49.4 Å². The van der Waals surface area contributed by atoms with E-state index in [0.29, 0.717) is 18.0 Å². The molecule has 3 aromatic rings. The zero-order valence-corrected chi connectivity index (χ0v) is 20.2. The van der Waals surface area contributed by atoms with Crippen LogP contribution in [0.25, 0.3) is 0 Å². The van der Waals surface area contributed by atoms with Gasteiger partial charge < -0.3 is 10.2 Å². The molecule has 172 valence electrons. The molecule has 0 unspecified atom stereocenters. The summed E-state index contributed by atoms with van der Waals surface area (Å²) in [5.41, 5.74) is 3.93. The molecular formula is C28H31ClN2O2. The largest absolute Gasteiger partial charge is 0.352 e. The molecule has 0 aliphatic heterocycles. The van der Waals surface area contributed by atoms with Crippen LogP contribution >= 0.6 is 11.6 Å². The van der Waals surface area contributed by atoms with Crippen LogP contribution in [0, 0.1) is 6.92 Å². The minimum Gasteiger partial charge on any atom is -0.352 e. The van der Waals surface area contributed by atoms with Gasteiger partial charge in [0.25, 0.3) is 0 Å². The number of nitrogens with zero attached hydrogens (tertiary/aromatic N) is 1. The van der Waals surface area contributed by atoms with Crippen molar-refractivity contribution in [3.05, 3.63) is 106 Å². The van der Waals surface area contributed by atoms with Crippen LogP contribution in [0.4, 0.5) is 0 Å². The first-order valence-electron chi connectivity index (χ1n) is 11.3. The van der Waals surface area contributed by atoms with Crippen LogP contribution in [0.5, 0.6) is 0 Å². The molecule has 4 nitrogen and oxygen atoms in total. The van der Waals surface area contributed by atoms with E-state index in [-0.39, 0.29) is 24.3 Å². The molecule has 3 rings (SSSR count). The molecule has 0 radical (unpaired) electrons. The van der Waals surface area contributed by atoms with Crippen LogP contribution in [-0.2, 0) is 29.0 Å². The average molecular weight is 463 g/mol. The van der Waals surface area contributed by atoms with Gasteiger partial charge in [0.15, 0.2) is 0 Å². The molecule has 0 fully saturated rings. The van der Waals surface area contributed by atoms with Gasteiger partial charge in [-0.2, -0.15) is 0 Å². The fourth-order valence-electron chi connectivity index (χ4n) is 3.86. The van der Waals surface area contributed by atoms with E-state index >= 15 is 0 Å². The van der Waals surface area contributed by atoms with Gasteiger partial charge in [-0.25, -0.2) is 0 Å². The van der Waals surface area contributed by atoms with Crippen molar-refractivity contribution in [2.24, 2.45) is 0 Å². The lowest BCUT2D eigenvalue weighted by atomic mass is 10.0. The number of amides is 2. The second-order valence-electron chi connectivity index (χ2n) is 8.69. The summed E-state index contributed by atoms with van der Waals surface area (Å²) in [6, 6.07) is 24.5. The highest BCUT2D eigenvalue weighted by Gasteiger charge is 2.30. The van der Waals surface area contributed by atoms with Crippen molar-refractivity contribution in [2.75, 3.05) is 0 Å². The standard InChI is InChI=1S/C28H31ClN2O2/c1-20(2)30-28(33)26(17-22-10-5-4-6-11-22)31(19-24-13-7-9-21(3)15-24)27(32)18-23-12-8-14-25(29)16-23/h4-16,20,26H,17-19H2,1-3H3,(H,30,33)/t26-/m0/s1. The van der Waals surface area contributed by atoms with Crippen molar-refractivity contribution in [3.8, 4) is 0 Å². The zero-order chi connectivity index (χ0) is 23.8. The Morgan fingerprint density at radius 2 is 1.55 bits per heavy atom. The number of carbonyl (C=O) groups excluding carboxylic acids is 2. The summed E-state index contributed by atoms with van der Waals surface area (Å²) in [5.74, 6) is -0.264. The maximum atomic E-state index is 13.6. The summed E-state index contributed by atoms with van der Waals surface area (Å²) in [6.45, 7) is 6.23. The Labute approximate surface area is 201 Å². The van der Waals surface area contributed by atoms with E-state index in [1.807, 2.05) is 81.4 Å². The smallest absolute Gasteiger partial charge is 0.243 e. The number of aryl methyl sites for hydroxylation is 1. The van der Waals surface area contributed by atoms with Crippen LogP contribution in [-0.4, -0.2) is 28.8 Å². The highest BCUT2D eigenvalue weighted by atomic mass is 35.5. The first-order valence-corrected chi connectivity index (χ1v) is 11.6. The summed E-state index contributed by atoms with van der Waals surface area (Å²) >= 11 is 6.14. The van der Waals surface area contributed by atoms with Crippen LogP contribution in [0.1, 0.15) is 36.1 Å². The first kappa shape index (κ1) is 24.5. The van der Waals surface area contributed by atoms with Gasteiger partial charge >= 0.3 is 0 Å². The summed E-state index contributed by atoms with van der Waals surface area (Å²) < 4.78 is 0. The Hall–Kier alpha value is -3.11. The highest BCUT2D eigenvalue weighted by Crippen LogP contribution is 2.18. The molecule has 3 aromatic carbocycles. The van der Waals surface area contributed by atoms with Crippen LogP contribution in [0.3, 0.4) is 0 Å². The average Bonchev–Trinajstić information content (AvgIpc) is 2.76. The van der Waals surface area contributed by atoms with E-state index in [4.69, 9.17) is 11.6 Å². The monoisotopic (exact) mass is 462 g/mol. The molecule has 0 spiro atoms. The minimum atomic E-state index is -0.637. The molecule has 0 heterocycles. The lowest BCUT2D eigenvalue weighted by Gasteiger charge is -2.32. The second-order valence-corrected chi connectivity index (χ2v) is 9.12. The lowest BCUT2D eigenvalue weighted by Crippen LogP contribution is -2.52. The predicted molar refractivity (Wildman–Crippen MR) is 134 cm³/mol. The SMILES string of the molecule is Cc1cccc(CN(C(=O)Cc2cccc(Cl)c2)[C@@H](Cc2ccccc2)C(=O)NC(C)C)c1. The third kappa shape index (κ3) is 7.47. The van der Waals surface area contributed by atoms with Crippen molar-refractivity contribution < 1.29 is 9.59 Å². The normalized spacial score (nSPS) is 11.8. The summed E-state index contributed by atoms with van der Waals surface area (Å²) in [5, 5.41) is 3.60. The number of benzene rings is 3. The number of hydrogen-bond donors (Lipinski definition) is 1. The Balaban J connectivity index is 1.97. The van der Waals surface area contributed by atoms with E-state index in [0.717, 1.165) is 22.3 Å². The van der Waals surface area contributed by atoms with E-state index in [1.54, 1.807) is 17.0 Å². The van der Waals surface area contributed by atoms with E-state index < -0.39 is 6.04 Å². The Morgan fingerprint density at radius 1 is 0.879 bits per heavy atom. The quantitative estimate of drug-likeness (QED) is 0.465. The van der Waals surface area contributed by atoms with Crippen molar-refractivity contribution in [3.63, 3.8) is 0 Å².